The third-order valence-corrected chi connectivity index (χ3v) is 4.51. The molecule has 11 nitrogen and oxygen atoms in total. The SMILES string of the molecule is OC[C@H]1O[C@@H](n2cnc3c(On4nnc5ccccc54)ncnc32)CC1O. The zero-order chi connectivity index (χ0) is 18.4. The van der Waals surface area contributed by atoms with Crippen LogP contribution in [0.3, 0.4) is 0 Å². The third-order valence-electron chi connectivity index (χ3n) is 4.51. The molecular weight excluding hydrogens is 354 g/mol. The highest BCUT2D eigenvalue weighted by atomic mass is 16.7. The first-order chi connectivity index (χ1) is 13.2. The number of rotatable bonds is 4. The summed E-state index contributed by atoms with van der Waals surface area (Å²) < 4.78 is 7.36. The topological polar surface area (TPSA) is 133 Å². The van der Waals surface area contributed by atoms with Gasteiger partial charge in [0, 0.05) is 6.42 Å². The molecule has 0 bridgehead atoms. The van der Waals surface area contributed by atoms with Crippen LogP contribution in [0.25, 0.3) is 22.2 Å². The Morgan fingerprint density at radius 1 is 1.22 bits per heavy atom. The molecular formula is C16H15N7O4. The lowest BCUT2D eigenvalue weighted by atomic mass is 10.2. The monoisotopic (exact) mass is 369 g/mol. The number of aliphatic hydroxyl groups is 2. The van der Waals surface area contributed by atoms with E-state index in [1.165, 1.54) is 11.2 Å². The van der Waals surface area contributed by atoms with Gasteiger partial charge >= 0.3 is 0 Å². The van der Waals surface area contributed by atoms with Gasteiger partial charge in [0.25, 0.3) is 5.88 Å². The van der Waals surface area contributed by atoms with E-state index in [2.05, 4.69) is 25.3 Å². The highest BCUT2D eigenvalue weighted by Crippen LogP contribution is 2.32. The molecule has 4 aromatic rings. The van der Waals surface area contributed by atoms with Crippen molar-refractivity contribution in [1.82, 2.24) is 34.7 Å². The van der Waals surface area contributed by atoms with Gasteiger partial charge in [-0.15, -0.1) is 5.10 Å². The maximum absolute atomic E-state index is 9.96. The van der Waals surface area contributed by atoms with E-state index in [4.69, 9.17) is 9.57 Å². The largest absolute Gasteiger partial charge is 0.394 e. The molecule has 1 unspecified atom stereocenters. The minimum Gasteiger partial charge on any atom is -0.394 e. The van der Waals surface area contributed by atoms with Crippen molar-refractivity contribution in [1.29, 1.82) is 0 Å². The molecule has 0 saturated carbocycles. The number of nitrogens with zero attached hydrogens (tertiary/aromatic N) is 7. The van der Waals surface area contributed by atoms with Crippen molar-refractivity contribution in [2.75, 3.05) is 6.61 Å². The van der Waals surface area contributed by atoms with Gasteiger partial charge in [-0.25, -0.2) is 9.97 Å². The van der Waals surface area contributed by atoms with Crippen LogP contribution < -0.4 is 4.84 Å². The second-order valence-electron chi connectivity index (χ2n) is 6.16. The maximum atomic E-state index is 9.96. The van der Waals surface area contributed by atoms with Crippen LogP contribution in [0, 0.1) is 0 Å². The minimum absolute atomic E-state index is 0.214. The van der Waals surface area contributed by atoms with Crippen LogP contribution in [0.15, 0.2) is 36.9 Å². The summed E-state index contributed by atoms with van der Waals surface area (Å²) in [5.74, 6) is 0.214. The van der Waals surface area contributed by atoms with E-state index in [0.717, 1.165) is 0 Å². The molecule has 5 rings (SSSR count). The van der Waals surface area contributed by atoms with Crippen molar-refractivity contribution in [3.8, 4) is 5.88 Å². The average molecular weight is 369 g/mol. The first-order valence-corrected chi connectivity index (χ1v) is 8.35. The summed E-state index contributed by atoms with van der Waals surface area (Å²) in [5.41, 5.74) is 2.29. The fraction of sp³-hybridized carbons (Fsp3) is 0.312. The highest BCUT2D eigenvalue weighted by molar-refractivity contribution is 5.77. The molecule has 4 heterocycles. The van der Waals surface area contributed by atoms with E-state index in [0.29, 0.717) is 28.6 Å². The Labute approximate surface area is 151 Å². The number of benzene rings is 1. The van der Waals surface area contributed by atoms with Gasteiger partial charge in [-0.3, -0.25) is 4.57 Å². The number of aromatic nitrogens is 7. The number of imidazole rings is 1. The van der Waals surface area contributed by atoms with Gasteiger partial charge in [0.2, 0.25) is 0 Å². The minimum atomic E-state index is -0.753. The highest BCUT2D eigenvalue weighted by Gasteiger charge is 2.35. The summed E-state index contributed by atoms with van der Waals surface area (Å²) in [6.07, 6.45) is 1.34. The summed E-state index contributed by atoms with van der Waals surface area (Å²) >= 11 is 0. The fourth-order valence-electron chi connectivity index (χ4n) is 3.16. The molecule has 1 fully saturated rings. The number of fused-ring (bicyclic) bond motifs is 2. The smallest absolute Gasteiger partial charge is 0.280 e. The Morgan fingerprint density at radius 2 is 2.11 bits per heavy atom. The van der Waals surface area contributed by atoms with Crippen LogP contribution in [0.4, 0.5) is 0 Å². The van der Waals surface area contributed by atoms with E-state index in [-0.39, 0.29) is 12.5 Å². The second kappa shape index (κ2) is 6.23. The van der Waals surface area contributed by atoms with E-state index in [1.54, 1.807) is 10.9 Å². The molecule has 1 aliphatic rings. The van der Waals surface area contributed by atoms with E-state index < -0.39 is 18.4 Å². The summed E-state index contributed by atoms with van der Waals surface area (Å²) in [6.45, 7) is -0.257. The first kappa shape index (κ1) is 16.1. The van der Waals surface area contributed by atoms with Crippen molar-refractivity contribution in [3.63, 3.8) is 0 Å². The fourth-order valence-corrected chi connectivity index (χ4v) is 3.16. The van der Waals surface area contributed by atoms with E-state index >= 15 is 0 Å². The summed E-state index contributed by atoms with van der Waals surface area (Å²) in [4.78, 5) is 19.8. The zero-order valence-electron chi connectivity index (χ0n) is 14.0. The third kappa shape index (κ3) is 2.60. The van der Waals surface area contributed by atoms with Gasteiger partial charge < -0.3 is 19.8 Å². The molecule has 0 amide bonds. The zero-order valence-corrected chi connectivity index (χ0v) is 14.0. The molecule has 3 aromatic heterocycles. The molecule has 138 valence electrons. The molecule has 1 aromatic carbocycles. The Morgan fingerprint density at radius 3 is 2.96 bits per heavy atom. The number of hydrogen-bond donors (Lipinski definition) is 2. The van der Waals surface area contributed by atoms with Crippen molar-refractivity contribution in [2.24, 2.45) is 0 Å². The predicted molar refractivity (Wildman–Crippen MR) is 90.5 cm³/mol. The Bertz CT molecular complexity index is 1110. The van der Waals surface area contributed by atoms with Gasteiger partial charge in [0.1, 0.15) is 29.7 Å². The van der Waals surface area contributed by atoms with Crippen molar-refractivity contribution in [3.05, 3.63) is 36.9 Å². The van der Waals surface area contributed by atoms with Gasteiger partial charge in [0.05, 0.1) is 19.0 Å². The lowest BCUT2D eigenvalue weighted by Crippen LogP contribution is -2.24. The Balaban J connectivity index is 1.51. The normalized spacial score (nSPS) is 22.7. The summed E-state index contributed by atoms with van der Waals surface area (Å²) in [7, 11) is 0. The standard InChI is InChI=1S/C16H15N7O4/c24-6-12-11(25)5-13(26-12)22-8-19-14-15(22)17-7-18-16(14)27-23-10-4-2-1-3-9(10)20-21-23/h1-4,7-8,11-13,24-25H,5-6H2/t11?,12-,13-/m1/s1. The van der Waals surface area contributed by atoms with Crippen molar-refractivity contribution < 1.29 is 19.8 Å². The molecule has 11 heteroatoms. The number of hydrogen-bond acceptors (Lipinski definition) is 9. The number of aliphatic hydroxyl groups excluding tert-OH is 2. The van der Waals surface area contributed by atoms with Crippen LogP contribution in [0.2, 0.25) is 0 Å². The number of ether oxygens (including phenoxy) is 1. The quantitative estimate of drug-likeness (QED) is 0.512. The molecule has 27 heavy (non-hydrogen) atoms. The van der Waals surface area contributed by atoms with Crippen molar-refractivity contribution >= 4 is 22.2 Å². The van der Waals surface area contributed by atoms with Gasteiger partial charge in [-0.05, 0) is 17.3 Å². The van der Waals surface area contributed by atoms with Gasteiger partial charge in [-0.2, -0.15) is 4.98 Å². The van der Waals surface area contributed by atoms with E-state index in [9.17, 15) is 10.2 Å². The molecule has 3 atom stereocenters. The molecule has 1 aliphatic heterocycles. The lowest BCUT2D eigenvalue weighted by Gasteiger charge is -2.13. The first-order valence-electron chi connectivity index (χ1n) is 8.35. The van der Waals surface area contributed by atoms with Crippen LogP contribution in [-0.4, -0.2) is 63.7 Å². The average Bonchev–Trinajstić information content (AvgIpc) is 3.39. The summed E-state index contributed by atoms with van der Waals surface area (Å²) in [6, 6.07) is 7.37. The summed E-state index contributed by atoms with van der Waals surface area (Å²) in [5, 5.41) is 27.2. The van der Waals surface area contributed by atoms with Gasteiger partial charge in [0.15, 0.2) is 11.2 Å². The number of para-hydroxylation sites is 1. The lowest BCUT2D eigenvalue weighted by molar-refractivity contribution is -0.0432. The van der Waals surface area contributed by atoms with Crippen molar-refractivity contribution in [2.45, 2.75) is 24.9 Å². The van der Waals surface area contributed by atoms with Crippen LogP contribution >= 0.6 is 0 Å². The predicted octanol–water partition coefficient (Wildman–Crippen LogP) is 0.0538. The molecule has 0 radical (unpaired) electrons. The van der Waals surface area contributed by atoms with Crippen LogP contribution in [-0.2, 0) is 4.74 Å². The van der Waals surface area contributed by atoms with Gasteiger partial charge in [-0.1, -0.05) is 17.0 Å². The second-order valence-corrected chi connectivity index (χ2v) is 6.16. The van der Waals surface area contributed by atoms with E-state index in [1.807, 2.05) is 24.3 Å². The Hall–Kier alpha value is -3.15. The van der Waals surface area contributed by atoms with Crippen LogP contribution in [0.5, 0.6) is 5.88 Å². The molecule has 0 spiro atoms. The molecule has 2 N–H and O–H groups in total. The Kier molecular flexibility index (Phi) is 3.70. The maximum Gasteiger partial charge on any atom is 0.280 e. The molecule has 1 saturated heterocycles. The van der Waals surface area contributed by atoms with Crippen LogP contribution in [0.1, 0.15) is 12.6 Å². The molecule has 0 aliphatic carbocycles.